The van der Waals surface area contributed by atoms with Gasteiger partial charge in [-0.25, -0.2) is 0 Å². The van der Waals surface area contributed by atoms with Gasteiger partial charge in [-0.05, 0) is 58.3 Å². The van der Waals surface area contributed by atoms with E-state index in [2.05, 4.69) is 44.8 Å². The highest BCUT2D eigenvalue weighted by atomic mass is 16.2. The fourth-order valence-electron chi connectivity index (χ4n) is 3.99. The summed E-state index contributed by atoms with van der Waals surface area (Å²) >= 11 is 0. The standard InChI is InChI=1S/C16H30N2O/c1-11-6-7-12(2)18(11)13(3)15(19)17-14-8-9-16(4,5)10-14/h11-14H,6-10H2,1-5H3,(H,17,19). The summed E-state index contributed by atoms with van der Waals surface area (Å²) in [7, 11) is 0. The Morgan fingerprint density at radius 1 is 1.21 bits per heavy atom. The third-order valence-corrected chi connectivity index (χ3v) is 5.16. The molecular formula is C16H30N2O. The van der Waals surface area contributed by atoms with Gasteiger partial charge in [-0.1, -0.05) is 13.8 Å². The zero-order valence-corrected chi connectivity index (χ0v) is 13.2. The quantitative estimate of drug-likeness (QED) is 0.852. The first kappa shape index (κ1) is 14.8. The first-order chi connectivity index (χ1) is 8.80. The number of carbonyl (C=O) groups is 1. The van der Waals surface area contributed by atoms with Crippen LogP contribution in [-0.2, 0) is 4.79 Å². The van der Waals surface area contributed by atoms with Crippen LogP contribution in [0.25, 0.3) is 0 Å². The number of hydrogen-bond donors (Lipinski definition) is 1. The predicted molar refractivity (Wildman–Crippen MR) is 79.0 cm³/mol. The summed E-state index contributed by atoms with van der Waals surface area (Å²) in [6, 6.07) is 1.47. The molecule has 0 aromatic rings. The van der Waals surface area contributed by atoms with Crippen LogP contribution < -0.4 is 5.32 Å². The zero-order chi connectivity index (χ0) is 14.2. The minimum Gasteiger partial charge on any atom is -0.352 e. The predicted octanol–water partition coefficient (Wildman–Crippen LogP) is 2.94. The lowest BCUT2D eigenvalue weighted by molar-refractivity contribution is -0.127. The fourth-order valence-corrected chi connectivity index (χ4v) is 3.99. The van der Waals surface area contributed by atoms with Crippen LogP contribution in [-0.4, -0.2) is 35.0 Å². The van der Waals surface area contributed by atoms with E-state index in [4.69, 9.17) is 0 Å². The molecule has 1 N–H and O–H groups in total. The molecule has 110 valence electrons. The lowest BCUT2D eigenvalue weighted by atomic mass is 9.92. The fraction of sp³-hybridized carbons (Fsp3) is 0.938. The van der Waals surface area contributed by atoms with Gasteiger partial charge < -0.3 is 5.32 Å². The van der Waals surface area contributed by atoms with Gasteiger partial charge in [-0.2, -0.15) is 0 Å². The Kier molecular flexibility index (Phi) is 4.24. The largest absolute Gasteiger partial charge is 0.352 e. The van der Waals surface area contributed by atoms with Gasteiger partial charge in [0, 0.05) is 18.1 Å². The molecule has 1 aliphatic heterocycles. The van der Waals surface area contributed by atoms with Crippen molar-refractivity contribution in [3.63, 3.8) is 0 Å². The normalized spacial score (nSPS) is 36.4. The van der Waals surface area contributed by atoms with Gasteiger partial charge in [0.15, 0.2) is 0 Å². The molecule has 19 heavy (non-hydrogen) atoms. The number of amides is 1. The molecule has 1 saturated carbocycles. The molecule has 0 radical (unpaired) electrons. The van der Waals surface area contributed by atoms with Crippen LogP contribution in [0.4, 0.5) is 0 Å². The van der Waals surface area contributed by atoms with Crippen molar-refractivity contribution < 1.29 is 4.79 Å². The smallest absolute Gasteiger partial charge is 0.237 e. The van der Waals surface area contributed by atoms with Crippen molar-refractivity contribution in [2.24, 2.45) is 5.41 Å². The summed E-state index contributed by atoms with van der Waals surface area (Å²) in [5.41, 5.74) is 0.398. The molecule has 1 saturated heterocycles. The average Bonchev–Trinajstić information content (AvgIpc) is 2.81. The van der Waals surface area contributed by atoms with Crippen molar-refractivity contribution in [2.45, 2.75) is 90.9 Å². The van der Waals surface area contributed by atoms with Crippen LogP contribution in [0.3, 0.4) is 0 Å². The monoisotopic (exact) mass is 266 g/mol. The summed E-state index contributed by atoms with van der Waals surface area (Å²) in [6.07, 6.45) is 5.92. The number of hydrogen-bond acceptors (Lipinski definition) is 2. The van der Waals surface area contributed by atoms with E-state index in [0.717, 1.165) is 12.8 Å². The lowest BCUT2D eigenvalue weighted by Gasteiger charge is -2.32. The molecule has 1 heterocycles. The number of carbonyl (C=O) groups excluding carboxylic acids is 1. The van der Waals surface area contributed by atoms with Crippen molar-refractivity contribution in [1.82, 2.24) is 10.2 Å². The Balaban J connectivity index is 1.89. The van der Waals surface area contributed by atoms with Gasteiger partial charge in [0.1, 0.15) is 0 Å². The molecule has 3 heteroatoms. The number of likely N-dealkylation sites (tertiary alicyclic amines) is 1. The van der Waals surface area contributed by atoms with Crippen LogP contribution in [0.1, 0.15) is 66.7 Å². The summed E-state index contributed by atoms with van der Waals surface area (Å²) in [5, 5.41) is 3.27. The second-order valence-electron chi connectivity index (χ2n) is 7.51. The van der Waals surface area contributed by atoms with E-state index in [0.29, 0.717) is 23.5 Å². The molecule has 0 aromatic heterocycles. The van der Waals surface area contributed by atoms with Gasteiger partial charge in [-0.3, -0.25) is 9.69 Å². The van der Waals surface area contributed by atoms with Crippen molar-refractivity contribution >= 4 is 5.91 Å². The molecule has 2 aliphatic rings. The summed E-state index contributed by atoms with van der Waals surface area (Å²) < 4.78 is 0. The van der Waals surface area contributed by atoms with Crippen LogP contribution in [0, 0.1) is 5.41 Å². The Morgan fingerprint density at radius 2 is 1.79 bits per heavy atom. The third-order valence-electron chi connectivity index (χ3n) is 5.16. The maximum Gasteiger partial charge on any atom is 0.237 e. The summed E-state index contributed by atoms with van der Waals surface area (Å²) in [6.45, 7) is 11.1. The van der Waals surface area contributed by atoms with E-state index in [1.165, 1.54) is 19.3 Å². The molecule has 1 aliphatic carbocycles. The molecule has 1 amide bonds. The van der Waals surface area contributed by atoms with E-state index < -0.39 is 0 Å². The average molecular weight is 266 g/mol. The van der Waals surface area contributed by atoms with Crippen molar-refractivity contribution in [2.75, 3.05) is 0 Å². The number of nitrogens with one attached hydrogen (secondary N) is 1. The van der Waals surface area contributed by atoms with Gasteiger partial charge in [0.2, 0.25) is 5.91 Å². The Hall–Kier alpha value is -0.570. The van der Waals surface area contributed by atoms with Gasteiger partial charge in [-0.15, -0.1) is 0 Å². The number of nitrogens with zero attached hydrogens (tertiary/aromatic N) is 1. The minimum atomic E-state index is 0.0104. The van der Waals surface area contributed by atoms with Gasteiger partial charge in [0.25, 0.3) is 0 Å². The van der Waals surface area contributed by atoms with Gasteiger partial charge >= 0.3 is 0 Å². The highest BCUT2D eigenvalue weighted by Crippen LogP contribution is 2.37. The first-order valence-corrected chi connectivity index (χ1v) is 7.88. The lowest BCUT2D eigenvalue weighted by Crippen LogP contribution is -2.51. The molecule has 4 atom stereocenters. The van der Waals surface area contributed by atoms with E-state index in [-0.39, 0.29) is 11.9 Å². The van der Waals surface area contributed by atoms with E-state index in [1.54, 1.807) is 0 Å². The molecule has 2 rings (SSSR count). The van der Waals surface area contributed by atoms with E-state index in [1.807, 2.05) is 0 Å². The Morgan fingerprint density at radius 3 is 2.26 bits per heavy atom. The highest BCUT2D eigenvalue weighted by molar-refractivity contribution is 5.81. The highest BCUT2D eigenvalue weighted by Gasteiger charge is 2.37. The van der Waals surface area contributed by atoms with Crippen LogP contribution in [0.2, 0.25) is 0 Å². The van der Waals surface area contributed by atoms with E-state index >= 15 is 0 Å². The minimum absolute atomic E-state index is 0.0104. The van der Waals surface area contributed by atoms with Crippen LogP contribution in [0.15, 0.2) is 0 Å². The molecule has 0 spiro atoms. The third kappa shape index (κ3) is 3.31. The summed E-state index contributed by atoms with van der Waals surface area (Å²) in [4.78, 5) is 14.8. The van der Waals surface area contributed by atoms with Crippen LogP contribution >= 0.6 is 0 Å². The summed E-state index contributed by atoms with van der Waals surface area (Å²) in [5.74, 6) is 0.225. The first-order valence-electron chi connectivity index (χ1n) is 7.88. The van der Waals surface area contributed by atoms with Crippen molar-refractivity contribution in [3.8, 4) is 0 Å². The van der Waals surface area contributed by atoms with Gasteiger partial charge in [0.05, 0.1) is 6.04 Å². The topological polar surface area (TPSA) is 32.3 Å². The SMILES string of the molecule is CC1CCC(C)N1C(C)C(=O)NC1CCC(C)(C)C1. The molecule has 3 nitrogen and oxygen atoms in total. The molecule has 0 bridgehead atoms. The van der Waals surface area contributed by atoms with Crippen LogP contribution in [0.5, 0.6) is 0 Å². The second-order valence-corrected chi connectivity index (χ2v) is 7.51. The maximum atomic E-state index is 12.4. The number of rotatable bonds is 3. The van der Waals surface area contributed by atoms with E-state index in [9.17, 15) is 4.79 Å². The molecule has 4 unspecified atom stereocenters. The maximum absolute atomic E-state index is 12.4. The molecular weight excluding hydrogens is 236 g/mol. The molecule has 0 aromatic carbocycles. The zero-order valence-electron chi connectivity index (χ0n) is 13.2. The molecule has 2 fully saturated rings. The second kappa shape index (κ2) is 5.43. The van der Waals surface area contributed by atoms with Crippen molar-refractivity contribution in [3.05, 3.63) is 0 Å². The Bertz CT molecular complexity index is 330. The Labute approximate surface area is 118 Å². The van der Waals surface area contributed by atoms with Crippen molar-refractivity contribution in [1.29, 1.82) is 0 Å².